The van der Waals surface area contributed by atoms with Crippen molar-refractivity contribution in [2.75, 3.05) is 19.4 Å². The number of rotatable bonds is 5. The van der Waals surface area contributed by atoms with Gasteiger partial charge in [-0.3, -0.25) is 9.59 Å². The van der Waals surface area contributed by atoms with Crippen LogP contribution in [0.5, 0.6) is 0 Å². The van der Waals surface area contributed by atoms with E-state index in [9.17, 15) is 18.0 Å². The number of sulfonamides is 1. The second kappa shape index (κ2) is 7.97. The number of nitrogens with one attached hydrogen (secondary N) is 1. The maximum atomic E-state index is 12.5. The molecule has 0 unspecified atom stereocenters. The van der Waals surface area contributed by atoms with E-state index in [2.05, 4.69) is 10.4 Å². The second-order valence-corrected chi connectivity index (χ2v) is 8.89. The monoisotopic (exact) mass is 432 g/mol. The number of aryl methyl sites for hydroxylation is 1. The molecule has 146 valence electrons. The number of hydrogen-bond acceptors (Lipinski definition) is 5. The lowest BCUT2D eigenvalue weighted by atomic mass is 10.2. The molecule has 0 saturated heterocycles. The fraction of sp³-hybridized carbons (Fsp3) is 0.312. The van der Waals surface area contributed by atoms with Crippen LogP contribution in [0.2, 0.25) is 10.0 Å². The molecular weight excluding hydrogens is 415 g/mol. The Kier molecular flexibility index (Phi) is 6.31. The zero-order chi connectivity index (χ0) is 20.5. The zero-order valence-electron chi connectivity index (χ0n) is 15.0. The normalized spacial score (nSPS) is 12.9. The summed E-state index contributed by atoms with van der Waals surface area (Å²) in [4.78, 5) is 24.7. The van der Waals surface area contributed by atoms with Crippen molar-refractivity contribution in [2.24, 2.45) is 0 Å². The number of carbonyl (C=O) groups is 1. The summed E-state index contributed by atoms with van der Waals surface area (Å²) in [5.41, 5.74) is 0.106. The number of benzene rings is 1. The molecule has 0 aliphatic rings. The Labute approximate surface area is 166 Å². The molecular formula is C16H18Cl2N4O4S. The van der Waals surface area contributed by atoms with E-state index in [0.717, 1.165) is 8.99 Å². The third-order valence-electron chi connectivity index (χ3n) is 3.86. The molecule has 1 atom stereocenters. The quantitative estimate of drug-likeness (QED) is 0.780. The highest BCUT2D eigenvalue weighted by atomic mass is 35.5. The van der Waals surface area contributed by atoms with E-state index in [4.69, 9.17) is 23.2 Å². The third-order valence-corrected chi connectivity index (χ3v) is 6.57. The molecule has 0 radical (unpaired) electrons. The Bertz CT molecular complexity index is 1050. The summed E-state index contributed by atoms with van der Waals surface area (Å²) in [6.07, 6.45) is 1.17. The van der Waals surface area contributed by atoms with Crippen molar-refractivity contribution in [3.05, 3.63) is 50.4 Å². The highest BCUT2D eigenvalue weighted by Crippen LogP contribution is 2.23. The van der Waals surface area contributed by atoms with Crippen molar-refractivity contribution in [3.8, 4) is 0 Å². The van der Waals surface area contributed by atoms with Crippen LogP contribution in [-0.4, -0.2) is 42.5 Å². The summed E-state index contributed by atoms with van der Waals surface area (Å²) in [5.74, 6) is -0.569. The fourth-order valence-electron chi connectivity index (χ4n) is 2.21. The van der Waals surface area contributed by atoms with Gasteiger partial charge in [0.15, 0.2) is 0 Å². The molecule has 2 rings (SSSR count). The number of carbonyl (C=O) groups excluding carboxylic acids is 1. The second-order valence-electron chi connectivity index (χ2n) is 5.99. The summed E-state index contributed by atoms with van der Waals surface area (Å²) < 4.78 is 26.8. The average Bonchev–Trinajstić information content (AvgIpc) is 2.60. The van der Waals surface area contributed by atoms with Crippen LogP contribution < -0.4 is 10.9 Å². The summed E-state index contributed by atoms with van der Waals surface area (Å²) in [7, 11) is -0.831. The fourth-order valence-corrected chi connectivity index (χ4v) is 3.61. The molecule has 11 heteroatoms. The Morgan fingerprint density at radius 1 is 1.30 bits per heavy atom. The highest BCUT2D eigenvalue weighted by molar-refractivity contribution is 7.89. The van der Waals surface area contributed by atoms with E-state index in [-0.39, 0.29) is 20.6 Å². The van der Waals surface area contributed by atoms with Crippen molar-refractivity contribution in [2.45, 2.75) is 24.8 Å². The highest BCUT2D eigenvalue weighted by Gasteiger charge is 2.23. The molecule has 2 aromatic rings. The lowest BCUT2D eigenvalue weighted by Crippen LogP contribution is -2.33. The molecule has 1 heterocycles. The van der Waals surface area contributed by atoms with E-state index in [1.54, 1.807) is 19.1 Å². The minimum absolute atomic E-state index is 0.0115. The molecule has 8 nitrogen and oxygen atoms in total. The molecule has 1 aromatic carbocycles. The van der Waals surface area contributed by atoms with Crippen molar-refractivity contribution in [3.63, 3.8) is 0 Å². The van der Waals surface area contributed by atoms with Crippen molar-refractivity contribution in [1.29, 1.82) is 0 Å². The summed E-state index contributed by atoms with van der Waals surface area (Å²) in [6, 6.07) is 3.52. The number of hydrogen-bond donors (Lipinski definition) is 1. The Morgan fingerprint density at radius 3 is 2.52 bits per heavy atom. The van der Waals surface area contributed by atoms with Crippen LogP contribution >= 0.6 is 23.2 Å². The number of anilines is 1. The summed E-state index contributed by atoms with van der Waals surface area (Å²) in [5, 5.41) is 6.16. The number of nitrogens with zero attached hydrogens (tertiary/aromatic N) is 3. The van der Waals surface area contributed by atoms with Crippen molar-refractivity contribution in [1.82, 2.24) is 14.1 Å². The van der Waals surface area contributed by atoms with Gasteiger partial charge in [-0.25, -0.2) is 17.4 Å². The van der Waals surface area contributed by atoms with E-state index in [1.165, 1.54) is 33.3 Å². The Balaban J connectivity index is 2.34. The van der Waals surface area contributed by atoms with Gasteiger partial charge in [0.1, 0.15) is 11.1 Å². The maximum absolute atomic E-state index is 12.5. The van der Waals surface area contributed by atoms with E-state index in [0.29, 0.717) is 5.56 Å². The summed E-state index contributed by atoms with van der Waals surface area (Å²) >= 11 is 11.5. The summed E-state index contributed by atoms with van der Waals surface area (Å²) in [6.45, 7) is 3.11. The number of amides is 1. The Morgan fingerprint density at radius 2 is 1.93 bits per heavy atom. The average molecular weight is 433 g/mol. The first-order valence-corrected chi connectivity index (χ1v) is 9.93. The van der Waals surface area contributed by atoms with Gasteiger partial charge in [0.05, 0.1) is 16.1 Å². The minimum Gasteiger partial charge on any atom is -0.324 e. The van der Waals surface area contributed by atoms with Crippen molar-refractivity contribution >= 4 is 44.8 Å². The molecule has 1 aromatic heterocycles. The van der Waals surface area contributed by atoms with Crippen molar-refractivity contribution < 1.29 is 13.2 Å². The molecule has 27 heavy (non-hydrogen) atoms. The molecule has 0 spiro atoms. The van der Waals surface area contributed by atoms with Crippen LogP contribution in [0.15, 0.2) is 34.1 Å². The van der Waals surface area contributed by atoms with Gasteiger partial charge in [0, 0.05) is 19.8 Å². The van der Waals surface area contributed by atoms with Crippen LogP contribution in [0, 0.1) is 6.92 Å². The molecule has 0 bridgehead atoms. The minimum atomic E-state index is -3.67. The van der Waals surface area contributed by atoms with Crippen LogP contribution in [0.25, 0.3) is 0 Å². The number of halogens is 2. The largest absolute Gasteiger partial charge is 0.324 e. The van der Waals surface area contributed by atoms with Gasteiger partial charge < -0.3 is 5.32 Å². The topological polar surface area (TPSA) is 101 Å². The lowest BCUT2D eigenvalue weighted by Gasteiger charge is -2.17. The lowest BCUT2D eigenvalue weighted by molar-refractivity contribution is -0.119. The smallest absolute Gasteiger partial charge is 0.287 e. The van der Waals surface area contributed by atoms with Crippen LogP contribution in [0.4, 0.5) is 5.69 Å². The first kappa shape index (κ1) is 21.4. The van der Waals surface area contributed by atoms with Gasteiger partial charge in [0.25, 0.3) is 5.56 Å². The first-order valence-electron chi connectivity index (χ1n) is 7.73. The maximum Gasteiger partial charge on any atom is 0.287 e. The van der Waals surface area contributed by atoms with Gasteiger partial charge in [0.2, 0.25) is 15.9 Å². The van der Waals surface area contributed by atoms with Gasteiger partial charge in [-0.15, -0.1) is 0 Å². The SMILES string of the molecule is Cc1ccc(NC(=O)[C@H](C)n2ncc(Cl)c(Cl)c2=O)cc1S(=O)(=O)N(C)C. The van der Waals surface area contributed by atoms with Gasteiger partial charge in [-0.05, 0) is 31.5 Å². The molecule has 0 aliphatic carbocycles. The van der Waals surface area contributed by atoms with Crippen LogP contribution in [-0.2, 0) is 14.8 Å². The van der Waals surface area contributed by atoms with Gasteiger partial charge >= 0.3 is 0 Å². The zero-order valence-corrected chi connectivity index (χ0v) is 17.4. The van der Waals surface area contributed by atoms with E-state index in [1.807, 2.05) is 0 Å². The molecule has 0 saturated carbocycles. The molecule has 0 aliphatic heterocycles. The molecule has 0 fully saturated rings. The van der Waals surface area contributed by atoms with E-state index < -0.39 is 27.5 Å². The van der Waals surface area contributed by atoms with Gasteiger partial charge in [-0.2, -0.15) is 5.10 Å². The van der Waals surface area contributed by atoms with E-state index >= 15 is 0 Å². The first-order chi connectivity index (χ1) is 12.5. The predicted molar refractivity (Wildman–Crippen MR) is 104 cm³/mol. The molecule has 1 amide bonds. The van der Waals surface area contributed by atoms with Crippen LogP contribution in [0.3, 0.4) is 0 Å². The van der Waals surface area contributed by atoms with Gasteiger partial charge in [-0.1, -0.05) is 29.3 Å². The van der Waals surface area contributed by atoms with Crippen LogP contribution in [0.1, 0.15) is 18.5 Å². The third kappa shape index (κ3) is 4.32. The predicted octanol–water partition coefficient (Wildman–Crippen LogP) is 2.31. The number of aromatic nitrogens is 2. The standard InChI is InChI=1S/C16H18Cl2N4O4S/c1-9-5-6-11(7-13(9)27(25,26)21(3)4)20-15(23)10(2)22-16(24)14(18)12(17)8-19-22/h5-8,10H,1-4H3,(H,20,23)/t10-/m0/s1. The molecule has 1 N–H and O–H groups in total. The Hall–Kier alpha value is -1.94.